The maximum Gasteiger partial charge on any atom is 0.282 e. The van der Waals surface area contributed by atoms with Gasteiger partial charge in [-0.15, -0.1) is 0 Å². The van der Waals surface area contributed by atoms with Gasteiger partial charge in [0, 0.05) is 16.1 Å². The van der Waals surface area contributed by atoms with E-state index in [9.17, 15) is 9.18 Å². The van der Waals surface area contributed by atoms with E-state index >= 15 is 0 Å². The van der Waals surface area contributed by atoms with Crippen LogP contribution in [0.1, 0.15) is 11.1 Å². The van der Waals surface area contributed by atoms with Crippen LogP contribution in [0.3, 0.4) is 0 Å². The third-order valence-electron chi connectivity index (χ3n) is 4.26. The van der Waals surface area contributed by atoms with E-state index in [4.69, 9.17) is 23.2 Å². The second-order valence-electron chi connectivity index (χ2n) is 6.08. The van der Waals surface area contributed by atoms with E-state index in [1.165, 1.54) is 17.0 Å². The molecule has 1 aliphatic heterocycles. The average Bonchev–Trinajstić information content (AvgIpc) is 3.01. The lowest BCUT2D eigenvalue weighted by atomic mass is 10.1. The minimum Gasteiger partial charge on any atom is -0.266 e. The van der Waals surface area contributed by atoms with E-state index in [1.807, 2.05) is 6.07 Å². The molecule has 28 heavy (non-hydrogen) atoms. The zero-order chi connectivity index (χ0) is 19.7. The summed E-state index contributed by atoms with van der Waals surface area (Å²) >= 11 is 12.3. The third kappa shape index (κ3) is 3.44. The predicted octanol–water partition coefficient (Wildman–Crippen LogP) is 5.97. The molecule has 1 heterocycles. The number of nitrogens with zero attached hydrogens (tertiary/aromatic N) is 2. The average molecular weight is 411 g/mol. The van der Waals surface area contributed by atoms with Crippen LogP contribution in [-0.2, 0) is 4.79 Å². The summed E-state index contributed by atoms with van der Waals surface area (Å²) in [6.07, 6.45) is 1.43. The summed E-state index contributed by atoms with van der Waals surface area (Å²) in [5, 5.41) is 1.01. The van der Waals surface area contributed by atoms with Crippen molar-refractivity contribution >= 4 is 46.7 Å². The Morgan fingerprint density at radius 3 is 2.29 bits per heavy atom. The summed E-state index contributed by atoms with van der Waals surface area (Å²) < 4.78 is 14.1. The number of amidine groups is 1. The van der Waals surface area contributed by atoms with Crippen LogP contribution in [0.4, 0.5) is 10.1 Å². The molecule has 6 heteroatoms. The number of anilines is 1. The van der Waals surface area contributed by atoms with Gasteiger partial charge in [-0.2, -0.15) is 0 Å². The Hall–Kier alpha value is -2.95. The fourth-order valence-electron chi connectivity index (χ4n) is 2.91. The first-order valence-electron chi connectivity index (χ1n) is 8.44. The summed E-state index contributed by atoms with van der Waals surface area (Å²) in [6.45, 7) is 0. The number of halogens is 3. The molecule has 0 aromatic heterocycles. The molecule has 3 nitrogen and oxygen atoms in total. The number of hydrogen-bond donors (Lipinski definition) is 0. The van der Waals surface area contributed by atoms with Crippen LogP contribution in [0.15, 0.2) is 83.5 Å². The molecule has 0 saturated carbocycles. The van der Waals surface area contributed by atoms with Gasteiger partial charge in [0.1, 0.15) is 17.3 Å². The summed E-state index contributed by atoms with van der Waals surface area (Å²) in [5.74, 6) is -0.428. The van der Waals surface area contributed by atoms with Gasteiger partial charge in [-0.1, -0.05) is 53.5 Å². The fourth-order valence-corrected chi connectivity index (χ4v) is 3.26. The van der Waals surface area contributed by atoms with Crippen molar-refractivity contribution in [2.75, 3.05) is 4.90 Å². The number of benzene rings is 3. The lowest BCUT2D eigenvalue weighted by Gasteiger charge is -2.19. The molecule has 4 rings (SSSR count). The summed E-state index contributed by atoms with van der Waals surface area (Å²) in [5.41, 5.74) is 1.59. The van der Waals surface area contributed by atoms with Gasteiger partial charge in [0.2, 0.25) is 0 Å². The van der Waals surface area contributed by atoms with Gasteiger partial charge in [0.05, 0.1) is 10.7 Å². The summed E-state index contributed by atoms with van der Waals surface area (Å²) in [7, 11) is 0. The van der Waals surface area contributed by atoms with Crippen LogP contribution >= 0.6 is 23.2 Å². The number of rotatable bonds is 3. The standard InChI is InChI=1S/C22H13Cl2FN2O/c23-15-9-11-16(12-10-15)27-21(17-6-2-3-7-18(17)24)26-20(22(27)28)13-14-5-1-4-8-19(14)25/h1-13H/b20-13+. The largest absolute Gasteiger partial charge is 0.282 e. The molecular weight excluding hydrogens is 398 g/mol. The molecule has 0 radical (unpaired) electrons. The van der Waals surface area contributed by atoms with Crippen LogP contribution in [0.2, 0.25) is 10.0 Å². The molecule has 138 valence electrons. The molecule has 1 aliphatic rings. The highest BCUT2D eigenvalue weighted by molar-refractivity contribution is 6.39. The highest BCUT2D eigenvalue weighted by Gasteiger charge is 2.33. The van der Waals surface area contributed by atoms with E-state index in [-0.39, 0.29) is 17.2 Å². The number of amides is 1. The lowest BCUT2D eigenvalue weighted by Crippen LogP contribution is -2.32. The first kappa shape index (κ1) is 18.4. The molecule has 3 aromatic carbocycles. The molecule has 0 saturated heterocycles. The van der Waals surface area contributed by atoms with Crippen molar-refractivity contribution < 1.29 is 9.18 Å². The molecule has 0 N–H and O–H groups in total. The minimum absolute atomic E-state index is 0.120. The van der Waals surface area contributed by atoms with Gasteiger partial charge >= 0.3 is 0 Å². The Morgan fingerprint density at radius 1 is 0.893 bits per heavy atom. The Bertz CT molecular complexity index is 1120. The van der Waals surface area contributed by atoms with Crippen molar-refractivity contribution in [1.82, 2.24) is 0 Å². The van der Waals surface area contributed by atoms with Crippen LogP contribution in [-0.4, -0.2) is 11.7 Å². The predicted molar refractivity (Wildman–Crippen MR) is 111 cm³/mol. The maximum atomic E-state index is 14.1. The summed E-state index contributed by atoms with van der Waals surface area (Å²) in [6, 6.07) is 20.1. The van der Waals surface area contributed by atoms with E-state index < -0.39 is 5.82 Å². The zero-order valence-electron chi connectivity index (χ0n) is 14.4. The number of hydrogen-bond acceptors (Lipinski definition) is 2. The molecule has 3 aromatic rings. The van der Waals surface area contributed by atoms with Crippen molar-refractivity contribution in [3.05, 3.63) is 105 Å². The second-order valence-corrected chi connectivity index (χ2v) is 6.93. The van der Waals surface area contributed by atoms with Crippen molar-refractivity contribution in [3.63, 3.8) is 0 Å². The first-order valence-corrected chi connectivity index (χ1v) is 9.20. The number of aliphatic imine (C=N–C) groups is 1. The highest BCUT2D eigenvalue weighted by Crippen LogP contribution is 2.31. The molecule has 0 fully saturated rings. The smallest absolute Gasteiger partial charge is 0.266 e. The van der Waals surface area contributed by atoms with Crippen molar-refractivity contribution in [2.45, 2.75) is 0 Å². The molecule has 0 bridgehead atoms. The maximum absolute atomic E-state index is 14.1. The Labute approximate surface area is 171 Å². The van der Waals surface area contributed by atoms with E-state index in [1.54, 1.807) is 60.7 Å². The number of carbonyl (C=O) groups is 1. The molecule has 0 aliphatic carbocycles. The lowest BCUT2D eigenvalue weighted by molar-refractivity contribution is -0.113. The Kier molecular flexibility index (Phi) is 4.99. The fraction of sp³-hybridized carbons (Fsp3) is 0. The van der Waals surface area contributed by atoms with Gasteiger partial charge in [-0.25, -0.2) is 9.38 Å². The van der Waals surface area contributed by atoms with Crippen LogP contribution in [0, 0.1) is 5.82 Å². The minimum atomic E-state index is -0.428. The zero-order valence-corrected chi connectivity index (χ0v) is 16.0. The third-order valence-corrected chi connectivity index (χ3v) is 4.84. The van der Waals surface area contributed by atoms with Gasteiger partial charge in [0.25, 0.3) is 5.91 Å². The van der Waals surface area contributed by atoms with Crippen molar-refractivity contribution in [2.24, 2.45) is 4.99 Å². The topological polar surface area (TPSA) is 32.7 Å². The first-order chi connectivity index (χ1) is 13.5. The van der Waals surface area contributed by atoms with E-state index in [2.05, 4.69) is 4.99 Å². The Morgan fingerprint density at radius 2 is 1.57 bits per heavy atom. The van der Waals surface area contributed by atoms with Gasteiger partial charge < -0.3 is 0 Å². The molecule has 0 atom stereocenters. The van der Waals surface area contributed by atoms with Gasteiger partial charge in [-0.3, -0.25) is 9.69 Å². The SMILES string of the molecule is O=C1/C(=C\c2ccccc2F)N=C(c2ccccc2Cl)N1c1ccc(Cl)cc1. The quantitative estimate of drug-likeness (QED) is 0.489. The molecule has 0 spiro atoms. The van der Waals surface area contributed by atoms with Crippen LogP contribution in [0.5, 0.6) is 0 Å². The van der Waals surface area contributed by atoms with Crippen LogP contribution in [0.25, 0.3) is 6.08 Å². The molecule has 0 unspecified atom stereocenters. The van der Waals surface area contributed by atoms with Crippen molar-refractivity contribution in [3.8, 4) is 0 Å². The van der Waals surface area contributed by atoms with E-state index in [0.717, 1.165) is 0 Å². The van der Waals surface area contributed by atoms with Gasteiger partial charge in [0.15, 0.2) is 0 Å². The second kappa shape index (κ2) is 7.58. The molecular formula is C22H13Cl2FN2O. The monoisotopic (exact) mass is 410 g/mol. The Balaban J connectivity index is 1.87. The highest BCUT2D eigenvalue weighted by atomic mass is 35.5. The van der Waals surface area contributed by atoms with E-state index in [0.29, 0.717) is 27.1 Å². The van der Waals surface area contributed by atoms with Gasteiger partial charge in [-0.05, 0) is 48.5 Å². The molecule has 1 amide bonds. The number of carbonyl (C=O) groups excluding carboxylic acids is 1. The van der Waals surface area contributed by atoms with Crippen molar-refractivity contribution in [1.29, 1.82) is 0 Å². The normalized spacial score (nSPS) is 15.2. The summed E-state index contributed by atoms with van der Waals surface area (Å²) in [4.78, 5) is 19.1. The van der Waals surface area contributed by atoms with Crippen LogP contribution < -0.4 is 4.90 Å².